The van der Waals surface area contributed by atoms with E-state index in [4.69, 9.17) is 16.0 Å². The van der Waals surface area contributed by atoms with E-state index in [-0.39, 0.29) is 5.70 Å². The van der Waals surface area contributed by atoms with Crippen molar-refractivity contribution in [1.82, 2.24) is 0 Å². The van der Waals surface area contributed by atoms with Crippen LogP contribution in [0.3, 0.4) is 0 Å². The first-order valence-corrected chi connectivity index (χ1v) is 2.67. The molecule has 0 aromatic heterocycles. The monoisotopic (exact) mass is 134 g/mol. The molecule has 0 aromatic carbocycles. The van der Waals surface area contributed by atoms with E-state index in [1.54, 1.807) is 0 Å². The third-order valence-electron chi connectivity index (χ3n) is 0.442. The van der Waals surface area contributed by atoms with Gasteiger partial charge in [-0.1, -0.05) is 11.9 Å². The van der Waals surface area contributed by atoms with Crippen LogP contribution in [0, 0.1) is 0 Å². The number of rotatable bonds is 2. The minimum Gasteiger partial charge on any atom is -0.477 e. The third-order valence-corrected chi connectivity index (χ3v) is 0.832. The summed E-state index contributed by atoms with van der Waals surface area (Å²) in [5, 5.41) is 14.1. The summed E-state index contributed by atoms with van der Waals surface area (Å²) in [5.74, 6) is -1.15. The largest absolute Gasteiger partial charge is 0.477 e. The van der Waals surface area contributed by atoms with Gasteiger partial charge in [0.15, 0.2) is 0 Å². The van der Waals surface area contributed by atoms with Crippen LogP contribution < -0.4 is 10.9 Å². The molecular formula is C3H6N2O2S. The first-order chi connectivity index (χ1) is 3.68. The zero-order valence-electron chi connectivity index (χ0n) is 4.00. The number of aliphatic carboxylic acids is 1. The Morgan fingerprint density at radius 1 is 1.75 bits per heavy atom. The number of hydrogen-bond acceptors (Lipinski definition) is 4. The van der Waals surface area contributed by atoms with Crippen LogP contribution in [-0.4, -0.2) is 11.1 Å². The smallest absolute Gasteiger partial charge is 0.352 e. The van der Waals surface area contributed by atoms with Crippen LogP contribution in [0.1, 0.15) is 0 Å². The third kappa shape index (κ3) is 2.49. The summed E-state index contributed by atoms with van der Waals surface area (Å²) in [4.78, 5) is 9.83. The molecule has 5 N–H and O–H groups in total. The van der Waals surface area contributed by atoms with Crippen LogP contribution in [-0.2, 0) is 4.79 Å². The lowest BCUT2D eigenvalue weighted by molar-refractivity contribution is -0.132. The number of nitrogens with two attached hydrogens (primary N) is 2. The Labute approximate surface area is 50.7 Å². The van der Waals surface area contributed by atoms with Gasteiger partial charge in [-0.15, -0.1) is 0 Å². The predicted octanol–water partition coefficient (Wildman–Crippen LogP) is -0.522. The number of hydrogen-bond donors (Lipinski definition) is 3. The van der Waals surface area contributed by atoms with E-state index in [9.17, 15) is 4.79 Å². The maximum absolute atomic E-state index is 9.83. The second kappa shape index (κ2) is 3.34. The lowest BCUT2D eigenvalue weighted by Gasteiger charge is -1.87. The van der Waals surface area contributed by atoms with Crippen LogP contribution in [0.4, 0.5) is 0 Å². The van der Waals surface area contributed by atoms with Gasteiger partial charge >= 0.3 is 5.97 Å². The van der Waals surface area contributed by atoms with Gasteiger partial charge in [0.25, 0.3) is 0 Å². The maximum atomic E-state index is 9.83. The Bertz CT molecular complexity index is 122. The Kier molecular flexibility index (Phi) is 3.05. The van der Waals surface area contributed by atoms with Crippen LogP contribution in [0.5, 0.6) is 0 Å². The molecule has 46 valence electrons. The van der Waals surface area contributed by atoms with Gasteiger partial charge in [0, 0.05) is 5.41 Å². The molecule has 0 bridgehead atoms. The predicted molar refractivity (Wildman–Crippen MR) is 31.7 cm³/mol. The fraction of sp³-hybridized carbons (Fsp3) is 0. The van der Waals surface area contributed by atoms with Crippen molar-refractivity contribution >= 4 is 17.9 Å². The first kappa shape index (κ1) is 7.32. The maximum Gasteiger partial charge on any atom is 0.352 e. The molecule has 0 atom stereocenters. The fourth-order valence-electron chi connectivity index (χ4n) is 0.124. The Balaban J connectivity index is 3.80. The Morgan fingerprint density at radius 2 is 2.25 bits per heavy atom. The SMILES string of the molecule is NS/C=C(\N)C(=O)O. The average Bonchev–Trinajstić information content (AvgIpc) is 1.67. The number of carboxylic acid groups (broad SMARTS) is 1. The first-order valence-electron chi connectivity index (χ1n) is 1.73. The zero-order valence-corrected chi connectivity index (χ0v) is 4.81. The van der Waals surface area contributed by atoms with Crippen molar-refractivity contribution in [1.29, 1.82) is 0 Å². The zero-order chi connectivity index (χ0) is 6.57. The van der Waals surface area contributed by atoms with E-state index in [0.717, 1.165) is 17.4 Å². The van der Waals surface area contributed by atoms with Crippen molar-refractivity contribution in [2.45, 2.75) is 0 Å². The van der Waals surface area contributed by atoms with Gasteiger partial charge in [-0.3, -0.25) is 5.14 Å². The van der Waals surface area contributed by atoms with Gasteiger partial charge in [-0.25, -0.2) is 4.79 Å². The van der Waals surface area contributed by atoms with Crippen molar-refractivity contribution in [3.05, 3.63) is 11.1 Å². The Hall–Kier alpha value is -0.680. The summed E-state index contributed by atoms with van der Waals surface area (Å²) in [7, 11) is 0. The molecule has 0 aromatic rings. The minimum absolute atomic E-state index is 0.238. The lowest BCUT2D eigenvalue weighted by atomic mass is 10.5. The summed E-state index contributed by atoms with van der Waals surface area (Å²) >= 11 is 0.770. The lowest BCUT2D eigenvalue weighted by Crippen LogP contribution is -2.09. The molecule has 8 heavy (non-hydrogen) atoms. The van der Waals surface area contributed by atoms with E-state index >= 15 is 0 Å². The molecule has 0 saturated heterocycles. The highest BCUT2D eigenvalue weighted by Gasteiger charge is 1.96. The molecule has 0 aliphatic rings. The second-order valence-electron chi connectivity index (χ2n) is 1.01. The molecule has 0 spiro atoms. The van der Waals surface area contributed by atoms with Gasteiger partial charge in [0.05, 0.1) is 0 Å². The molecule has 0 rings (SSSR count). The van der Waals surface area contributed by atoms with E-state index in [1.807, 2.05) is 0 Å². The molecule has 0 aliphatic carbocycles. The second-order valence-corrected chi connectivity index (χ2v) is 1.52. The molecule has 0 saturated carbocycles. The highest BCUT2D eigenvalue weighted by Crippen LogP contribution is 1.91. The molecule has 0 radical (unpaired) electrons. The molecule has 0 fully saturated rings. The fourth-order valence-corrected chi connectivity index (χ4v) is 0.371. The quantitative estimate of drug-likeness (QED) is 0.349. The van der Waals surface area contributed by atoms with Crippen LogP contribution >= 0.6 is 11.9 Å². The Morgan fingerprint density at radius 3 is 2.38 bits per heavy atom. The van der Waals surface area contributed by atoms with Crippen LogP contribution in [0.15, 0.2) is 11.1 Å². The molecule has 5 heteroatoms. The minimum atomic E-state index is -1.15. The number of carboxylic acids is 1. The van der Waals surface area contributed by atoms with Crippen molar-refractivity contribution in [2.75, 3.05) is 0 Å². The van der Waals surface area contributed by atoms with Gasteiger partial charge in [0.1, 0.15) is 5.70 Å². The van der Waals surface area contributed by atoms with Crippen LogP contribution in [0.2, 0.25) is 0 Å². The number of carbonyl (C=O) groups is 1. The highest BCUT2D eigenvalue weighted by molar-refractivity contribution is 8.00. The molecule has 0 unspecified atom stereocenters. The normalized spacial score (nSPS) is 11.4. The molecular weight excluding hydrogens is 128 g/mol. The average molecular weight is 134 g/mol. The van der Waals surface area contributed by atoms with E-state index in [1.165, 1.54) is 0 Å². The van der Waals surface area contributed by atoms with Gasteiger partial charge in [-0.2, -0.15) is 0 Å². The summed E-state index contributed by atoms with van der Waals surface area (Å²) in [6.45, 7) is 0. The van der Waals surface area contributed by atoms with E-state index in [0.29, 0.717) is 0 Å². The van der Waals surface area contributed by atoms with E-state index < -0.39 is 5.97 Å². The van der Waals surface area contributed by atoms with Gasteiger partial charge in [-0.05, 0) is 0 Å². The molecule has 0 amide bonds. The van der Waals surface area contributed by atoms with Crippen molar-refractivity contribution in [2.24, 2.45) is 10.9 Å². The van der Waals surface area contributed by atoms with Crippen molar-refractivity contribution in [3.8, 4) is 0 Å². The van der Waals surface area contributed by atoms with Crippen molar-refractivity contribution < 1.29 is 9.90 Å². The van der Waals surface area contributed by atoms with E-state index in [2.05, 4.69) is 0 Å². The van der Waals surface area contributed by atoms with Gasteiger partial charge < -0.3 is 10.8 Å². The molecule has 0 aliphatic heterocycles. The van der Waals surface area contributed by atoms with Gasteiger partial charge in [0.2, 0.25) is 0 Å². The molecule has 0 heterocycles. The summed E-state index contributed by atoms with van der Waals surface area (Å²) in [6, 6.07) is 0. The standard InChI is InChI=1S/C3H6N2O2S/c4-2(1-8-5)3(6)7/h1H,4-5H2,(H,6,7)/b2-1-. The molecule has 4 nitrogen and oxygen atoms in total. The highest BCUT2D eigenvalue weighted by atomic mass is 32.2. The topological polar surface area (TPSA) is 89.3 Å². The summed E-state index contributed by atoms with van der Waals surface area (Å²) in [6.07, 6.45) is 0. The summed E-state index contributed by atoms with van der Waals surface area (Å²) in [5.41, 5.74) is 4.65. The summed E-state index contributed by atoms with van der Waals surface area (Å²) < 4.78 is 0. The van der Waals surface area contributed by atoms with Crippen LogP contribution in [0.25, 0.3) is 0 Å². The van der Waals surface area contributed by atoms with Crippen molar-refractivity contribution in [3.63, 3.8) is 0 Å².